The lowest BCUT2D eigenvalue weighted by Crippen LogP contribution is -2.35. The van der Waals surface area contributed by atoms with E-state index in [0.717, 1.165) is 31.0 Å². The molecule has 0 spiro atoms. The quantitative estimate of drug-likeness (QED) is 0.912. The molecule has 0 bridgehead atoms. The highest BCUT2D eigenvalue weighted by Gasteiger charge is 2.19. The summed E-state index contributed by atoms with van der Waals surface area (Å²) in [5.74, 6) is 1.76. The predicted octanol–water partition coefficient (Wildman–Crippen LogP) is 4.09. The molecule has 2 aromatic rings. The van der Waals surface area contributed by atoms with Crippen LogP contribution in [0.5, 0.6) is 0 Å². The maximum Gasteiger partial charge on any atom is 0.274 e. The molecule has 0 radical (unpaired) electrons. The zero-order chi connectivity index (χ0) is 17.8. The molecule has 1 saturated heterocycles. The summed E-state index contributed by atoms with van der Waals surface area (Å²) < 4.78 is 0. The van der Waals surface area contributed by atoms with Gasteiger partial charge in [0.25, 0.3) is 5.91 Å². The van der Waals surface area contributed by atoms with E-state index in [0.29, 0.717) is 17.5 Å². The Morgan fingerprint density at radius 3 is 2.68 bits per heavy atom. The minimum Gasteiger partial charge on any atom is -0.356 e. The van der Waals surface area contributed by atoms with Gasteiger partial charge < -0.3 is 10.2 Å². The first-order valence-electron chi connectivity index (χ1n) is 9.01. The monoisotopic (exact) mass is 338 g/mol. The molecule has 2 heterocycles. The van der Waals surface area contributed by atoms with Crippen LogP contribution in [0.1, 0.15) is 55.6 Å². The van der Waals surface area contributed by atoms with E-state index in [1.807, 2.05) is 24.3 Å². The van der Waals surface area contributed by atoms with Gasteiger partial charge in [0, 0.05) is 24.8 Å². The van der Waals surface area contributed by atoms with Crippen molar-refractivity contribution in [1.82, 2.24) is 9.97 Å². The number of carbonyl (C=O) groups is 1. The maximum absolute atomic E-state index is 12.5. The summed E-state index contributed by atoms with van der Waals surface area (Å²) in [6.45, 7) is 8.52. The van der Waals surface area contributed by atoms with Gasteiger partial charge in [-0.3, -0.25) is 4.79 Å². The van der Waals surface area contributed by atoms with E-state index in [1.165, 1.54) is 18.3 Å². The predicted molar refractivity (Wildman–Crippen MR) is 101 cm³/mol. The molecule has 1 fully saturated rings. The Bertz CT molecular complexity index is 727. The van der Waals surface area contributed by atoms with Gasteiger partial charge in [-0.1, -0.05) is 32.9 Å². The van der Waals surface area contributed by atoms with Crippen LogP contribution in [-0.4, -0.2) is 29.0 Å². The fourth-order valence-electron chi connectivity index (χ4n) is 3.19. The van der Waals surface area contributed by atoms with E-state index in [-0.39, 0.29) is 5.91 Å². The SMILES string of the molecule is CC1CCCN(c2cc(C(=O)Nc3ccc(C(C)C)cc3)ncn2)C1. The summed E-state index contributed by atoms with van der Waals surface area (Å²) in [4.78, 5) is 23.3. The van der Waals surface area contributed by atoms with Gasteiger partial charge >= 0.3 is 0 Å². The molecule has 1 unspecified atom stereocenters. The second kappa shape index (κ2) is 7.64. The van der Waals surface area contributed by atoms with Gasteiger partial charge in [0.1, 0.15) is 17.8 Å². The van der Waals surface area contributed by atoms with Gasteiger partial charge in [0.15, 0.2) is 0 Å². The summed E-state index contributed by atoms with van der Waals surface area (Å²) in [6, 6.07) is 9.74. The normalized spacial score (nSPS) is 17.6. The van der Waals surface area contributed by atoms with Crippen LogP contribution in [-0.2, 0) is 0 Å². The Hall–Kier alpha value is -2.43. The first-order valence-corrected chi connectivity index (χ1v) is 9.01. The van der Waals surface area contributed by atoms with E-state index in [2.05, 4.69) is 41.0 Å². The number of anilines is 2. The van der Waals surface area contributed by atoms with Crippen molar-refractivity contribution in [1.29, 1.82) is 0 Å². The number of rotatable bonds is 4. The summed E-state index contributed by atoms with van der Waals surface area (Å²) in [5.41, 5.74) is 2.43. The van der Waals surface area contributed by atoms with E-state index >= 15 is 0 Å². The van der Waals surface area contributed by atoms with Crippen LogP contribution in [0, 0.1) is 5.92 Å². The van der Waals surface area contributed by atoms with Crippen molar-refractivity contribution in [2.24, 2.45) is 5.92 Å². The lowest BCUT2D eigenvalue weighted by atomic mass is 10.0. The van der Waals surface area contributed by atoms with Crippen LogP contribution < -0.4 is 10.2 Å². The van der Waals surface area contributed by atoms with Crippen LogP contribution in [0.15, 0.2) is 36.7 Å². The zero-order valence-electron chi connectivity index (χ0n) is 15.2. The first-order chi connectivity index (χ1) is 12.0. The number of hydrogen-bond donors (Lipinski definition) is 1. The van der Waals surface area contributed by atoms with Crippen molar-refractivity contribution in [3.63, 3.8) is 0 Å². The Labute approximate surface area is 149 Å². The molecule has 5 heteroatoms. The topological polar surface area (TPSA) is 58.1 Å². The molecular formula is C20H26N4O. The Balaban J connectivity index is 1.70. The Kier molecular flexibility index (Phi) is 5.31. The van der Waals surface area contributed by atoms with Crippen LogP contribution in [0.25, 0.3) is 0 Å². The molecule has 1 aliphatic heterocycles. The lowest BCUT2D eigenvalue weighted by Gasteiger charge is -2.31. The number of benzene rings is 1. The van der Waals surface area contributed by atoms with E-state index in [1.54, 1.807) is 6.07 Å². The van der Waals surface area contributed by atoms with Gasteiger partial charge in [-0.05, 0) is 42.4 Å². The summed E-state index contributed by atoms with van der Waals surface area (Å²) in [5, 5.41) is 2.92. The number of piperidine rings is 1. The highest BCUT2D eigenvalue weighted by atomic mass is 16.1. The number of carbonyl (C=O) groups excluding carboxylic acids is 1. The van der Waals surface area contributed by atoms with Crippen LogP contribution in [0.4, 0.5) is 11.5 Å². The van der Waals surface area contributed by atoms with Crippen LogP contribution in [0.3, 0.4) is 0 Å². The first kappa shape index (κ1) is 17.4. The third kappa shape index (κ3) is 4.35. The Morgan fingerprint density at radius 1 is 1.24 bits per heavy atom. The molecule has 1 aromatic heterocycles. The highest BCUT2D eigenvalue weighted by molar-refractivity contribution is 6.03. The fourth-order valence-corrected chi connectivity index (χ4v) is 3.19. The minimum atomic E-state index is -0.203. The molecule has 3 rings (SSSR count). The number of nitrogens with one attached hydrogen (secondary N) is 1. The zero-order valence-corrected chi connectivity index (χ0v) is 15.2. The van der Waals surface area contributed by atoms with Crippen molar-refractivity contribution in [3.05, 3.63) is 47.9 Å². The molecule has 0 saturated carbocycles. The van der Waals surface area contributed by atoms with E-state index in [4.69, 9.17) is 0 Å². The van der Waals surface area contributed by atoms with Crippen LogP contribution >= 0.6 is 0 Å². The summed E-state index contributed by atoms with van der Waals surface area (Å²) in [7, 11) is 0. The molecule has 1 aliphatic rings. The molecule has 1 N–H and O–H groups in total. The van der Waals surface area contributed by atoms with Crippen LogP contribution in [0.2, 0.25) is 0 Å². The number of aromatic nitrogens is 2. The molecular weight excluding hydrogens is 312 g/mol. The smallest absolute Gasteiger partial charge is 0.274 e. The molecule has 25 heavy (non-hydrogen) atoms. The summed E-state index contributed by atoms with van der Waals surface area (Å²) >= 11 is 0. The number of amides is 1. The molecule has 5 nitrogen and oxygen atoms in total. The average Bonchev–Trinajstić information content (AvgIpc) is 2.62. The number of nitrogens with zero attached hydrogens (tertiary/aromatic N) is 3. The standard InChI is InChI=1S/C20H26N4O/c1-14(2)16-6-8-17(9-7-16)23-20(25)18-11-19(22-13-21-18)24-10-4-5-15(3)12-24/h6-9,11,13-15H,4-5,10,12H2,1-3H3,(H,23,25). The van der Waals surface area contributed by atoms with Crippen molar-refractivity contribution in [3.8, 4) is 0 Å². The van der Waals surface area contributed by atoms with E-state index < -0.39 is 0 Å². The minimum absolute atomic E-state index is 0.203. The van der Waals surface area contributed by atoms with Crippen molar-refractivity contribution >= 4 is 17.4 Å². The van der Waals surface area contributed by atoms with Crippen molar-refractivity contribution in [2.75, 3.05) is 23.3 Å². The molecule has 1 atom stereocenters. The molecule has 0 aliphatic carbocycles. The maximum atomic E-state index is 12.5. The van der Waals surface area contributed by atoms with Crippen molar-refractivity contribution in [2.45, 2.75) is 39.5 Å². The van der Waals surface area contributed by atoms with Gasteiger partial charge in [0.2, 0.25) is 0 Å². The average molecular weight is 338 g/mol. The third-order valence-electron chi connectivity index (χ3n) is 4.70. The Morgan fingerprint density at radius 2 is 2.00 bits per heavy atom. The molecule has 132 valence electrons. The van der Waals surface area contributed by atoms with E-state index in [9.17, 15) is 4.79 Å². The molecule has 1 aromatic carbocycles. The van der Waals surface area contributed by atoms with Gasteiger partial charge in [-0.15, -0.1) is 0 Å². The molecule has 1 amide bonds. The van der Waals surface area contributed by atoms with Gasteiger partial charge in [0.05, 0.1) is 0 Å². The second-order valence-electron chi connectivity index (χ2n) is 7.19. The van der Waals surface area contributed by atoms with Crippen molar-refractivity contribution < 1.29 is 4.79 Å². The summed E-state index contributed by atoms with van der Waals surface area (Å²) in [6.07, 6.45) is 3.89. The van der Waals surface area contributed by atoms with Gasteiger partial charge in [-0.25, -0.2) is 9.97 Å². The fraction of sp³-hybridized carbons (Fsp3) is 0.450. The largest absolute Gasteiger partial charge is 0.356 e. The second-order valence-corrected chi connectivity index (χ2v) is 7.19. The van der Waals surface area contributed by atoms with Gasteiger partial charge in [-0.2, -0.15) is 0 Å². The number of hydrogen-bond acceptors (Lipinski definition) is 4. The third-order valence-corrected chi connectivity index (χ3v) is 4.70. The highest BCUT2D eigenvalue weighted by Crippen LogP contribution is 2.22. The lowest BCUT2D eigenvalue weighted by molar-refractivity contribution is 0.102.